The molecule has 5 N–H and O–H groups in total. The van der Waals surface area contributed by atoms with Crippen LogP contribution in [0.25, 0.3) is 22.2 Å². The Morgan fingerprint density at radius 3 is 2.88 bits per heavy atom. The van der Waals surface area contributed by atoms with Gasteiger partial charge in [-0.25, -0.2) is 4.98 Å². The zero-order chi connectivity index (χ0) is 17.2. The number of aliphatic hydroxyl groups excluding tert-OH is 1. The highest BCUT2D eigenvalue weighted by Gasteiger charge is 2.25. The van der Waals surface area contributed by atoms with Crippen LogP contribution < -0.4 is 11.1 Å². The van der Waals surface area contributed by atoms with Crippen molar-refractivity contribution in [2.24, 2.45) is 5.92 Å². The third kappa shape index (κ3) is 3.15. The maximum atomic E-state index is 9.64. The fourth-order valence-electron chi connectivity index (χ4n) is 3.63. The molecule has 1 aromatic carbocycles. The molecule has 0 bridgehead atoms. The summed E-state index contributed by atoms with van der Waals surface area (Å²) >= 11 is 0. The molecule has 2 aromatic heterocycles. The normalized spacial score (nSPS) is 20.7. The summed E-state index contributed by atoms with van der Waals surface area (Å²) in [6.07, 6.45) is 6.12. The lowest BCUT2D eigenvalue weighted by molar-refractivity contribution is 0.178. The molecule has 0 aliphatic heterocycles. The van der Waals surface area contributed by atoms with Crippen molar-refractivity contribution in [2.75, 3.05) is 17.7 Å². The molecule has 4 rings (SSSR count). The maximum absolute atomic E-state index is 9.64. The van der Waals surface area contributed by atoms with E-state index in [0.29, 0.717) is 0 Å². The number of nitrogens with zero attached hydrogens (tertiary/aromatic N) is 3. The van der Waals surface area contributed by atoms with Crippen LogP contribution in [0.15, 0.2) is 30.5 Å². The van der Waals surface area contributed by atoms with Crippen LogP contribution in [0.3, 0.4) is 0 Å². The van der Waals surface area contributed by atoms with Crippen molar-refractivity contribution < 1.29 is 5.11 Å². The van der Waals surface area contributed by atoms with Gasteiger partial charge in [-0.15, -0.1) is 0 Å². The monoisotopic (exact) mass is 338 g/mol. The molecule has 0 saturated heterocycles. The molecule has 0 radical (unpaired) electrons. The molecule has 2 atom stereocenters. The van der Waals surface area contributed by atoms with Gasteiger partial charge in [-0.2, -0.15) is 10.1 Å². The van der Waals surface area contributed by atoms with E-state index in [1.807, 2.05) is 24.3 Å². The van der Waals surface area contributed by atoms with Gasteiger partial charge in [-0.1, -0.05) is 18.9 Å². The molecule has 1 saturated carbocycles. The van der Waals surface area contributed by atoms with E-state index in [-0.39, 0.29) is 24.5 Å². The molecule has 0 spiro atoms. The fourth-order valence-corrected chi connectivity index (χ4v) is 3.63. The number of hydrogen-bond donors (Lipinski definition) is 4. The van der Waals surface area contributed by atoms with Crippen molar-refractivity contribution in [3.8, 4) is 11.3 Å². The van der Waals surface area contributed by atoms with Crippen molar-refractivity contribution in [3.63, 3.8) is 0 Å². The van der Waals surface area contributed by atoms with E-state index < -0.39 is 0 Å². The first kappa shape index (κ1) is 15.8. The summed E-state index contributed by atoms with van der Waals surface area (Å²) in [5, 5.41) is 21.0. The number of aromatic amines is 1. The van der Waals surface area contributed by atoms with Gasteiger partial charge >= 0.3 is 0 Å². The minimum atomic E-state index is 0.195. The van der Waals surface area contributed by atoms with Crippen LogP contribution in [0.2, 0.25) is 0 Å². The van der Waals surface area contributed by atoms with Gasteiger partial charge in [0.2, 0.25) is 5.95 Å². The van der Waals surface area contributed by atoms with Crippen LogP contribution >= 0.6 is 0 Å². The molecule has 1 fully saturated rings. The number of nitrogens with two attached hydrogens (primary N) is 1. The predicted molar refractivity (Wildman–Crippen MR) is 98.0 cm³/mol. The molecule has 7 heteroatoms. The fraction of sp³-hybridized carbons (Fsp3) is 0.389. The Morgan fingerprint density at radius 2 is 2.08 bits per heavy atom. The van der Waals surface area contributed by atoms with Crippen LogP contribution in [-0.2, 0) is 0 Å². The summed E-state index contributed by atoms with van der Waals surface area (Å²) < 4.78 is 0. The summed E-state index contributed by atoms with van der Waals surface area (Å²) in [6, 6.07) is 8.13. The summed E-state index contributed by atoms with van der Waals surface area (Å²) in [5.74, 6) is 1.24. The lowest BCUT2D eigenvalue weighted by Gasteiger charge is -2.31. The highest BCUT2D eigenvalue weighted by molar-refractivity contribution is 5.92. The quantitative estimate of drug-likeness (QED) is 0.581. The molecule has 0 amide bonds. The summed E-state index contributed by atoms with van der Waals surface area (Å²) in [6.45, 7) is 0.195. The number of aromatic nitrogens is 4. The number of nitrogen functional groups attached to an aromatic ring is 1. The van der Waals surface area contributed by atoms with Crippen molar-refractivity contribution in [3.05, 3.63) is 30.5 Å². The topological polar surface area (TPSA) is 113 Å². The van der Waals surface area contributed by atoms with E-state index in [4.69, 9.17) is 5.73 Å². The first-order valence-corrected chi connectivity index (χ1v) is 8.69. The summed E-state index contributed by atoms with van der Waals surface area (Å²) in [5.41, 5.74) is 8.66. The number of hydrogen-bond acceptors (Lipinski definition) is 6. The van der Waals surface area contributed by atoms with Crippen LogP contribution in [0.4, 0.5) is 11.8 Å². The van der Waals surface area contributed by atoms with Crippen LogP contribution in [0, 0.1) is 5.92 Å². The van der Waals surface area contributed by atoms with E-state index in [2.05, 4.69) is 25.5 Å². The van der Waals surface area contributed by atoms with Gasteiger partial charge in [-0.05, 0) is 31.0 Å². The number of anilines is 2. The van der Waals surface area contributed by atoms with Gasteiger partial charge in [0, 0.05) is 35.7 Å². The summed E-state index contributed by atoms with van der Waals surface area (Å²) in [4.78, 5) is 8.79. The Kier molecular flexibility index (Phi) is 4.23. The Hall–Kier alpha value is -2.67. The average molecular weight is 338 g/mol. The molecule has 2 heterocycles. The first-order chi connectivity index (χ1) is 12.2. The Balaban J connectivity index is 1.71. The lowest BCUT2D eigenvalue weighted by Crippen LogP contribution is -2.34. The van der Waals surface area contributed by atoms with E-state index >= 15 is 0 Å². The lowest BCUT2D eigenvalue weighted by atomic mass is 9.85. The zero-order valence-corrected chi connectivity index (χ0v) is 13.9. The van der Waals surface area contributed by atoms with E-state index in [0.717, 1.165) is 47.2 Å². The Labute approximate surface area is 145 Å². The van der Waals surface area contributed by atoms with Gasteiger partial charge < -0.3 is 16.2 Å². The predicted octanol–water partition coefficient (Wildman–Crippen LogP) is 2.57. The second kappa shape index (κ2) is 6.68. The van der Waals surface area contributed by atoms with Crippen molar-refractivity contribution in [1.82, 2.24) is 20.2 Å². The standard InChI is InChI=1S/C18H22N6O/c19-18-22-16-9-11(15-7-8-20-24-15)5-6-13(16)17(23-18)21-14-4-2-1-3-12(14)10-25/h5-9,12,14,25H,1-4,10H2,(H,20,24)(H3,19,21,22,23). The molecule has 1 aliphatic carbocycles. The molecule has 130 valence electrons. The number of benzene rings is 1. The Bertz CT molecular complexity index is 863. The Morgan fingerprint density at radius 1 is 1.20 bits per heavy atom. The maximum Gasteiger partial charge on any atom is 0.222 e. The second-order valence-corrected chi connectivity index (χ2v) is 6.61. The SMILES string of the molecule is Nc1nc(NC2CCCCC2CO)c2ccc(-c3ccn[nH]3)cc2n1. The van der Waals surface area contributed by atoms with Crippen LogP contribution in [-0.4, -0.2) is 37.9 Å². The van der Waals surface area contributed by atoms with Gasteiger partial charge in [0.25, 0.3) is 0 Å². The van der Waals surface area contributed by atoms with Gasteiger partial charge in [-0.3, -0.25) is 5.10 Å². The van der Waals surface area contributed by atoms with Crippen molar-refractivity contribution >= 4 is 22.7 Å². The van der Waals surface area contributed by atoms with Gasteiger partial charge in [0.15, 0.2) is 0 Å². The number of fused-ring (bicyclic) bond motifs is 1. The molecule has 25 heavy (non-hydrogen) atoms. The molecule has 2 unspecified atom stereocenters. The van der Waals surface area contributed by atoms with E-state index in [9.17, 15) is 5.11 Å². The third-order valence-electron chi connectivity index (χ3n) is 4.99. The molecular weight excluding hydrogens is 316 g/mol. The third-order valence-corrected chi connectivity index (χ3v) is 4.99. The van der Waals surface area contributed by atoms with Gasteiger partial charge in [0.05, 0.1) is 11.2 Å². The molecule has 3 aromatic rings. The van der Waals surface area contributed by atoms with Gasteiger partial charge in [0.1, 0.15) is 5.82 Å². The number of H-pyrrole nitrogens is 1. The smallest absolute Gasteiger partial charge is 0.222 e. The highest BCUT2D eigenvalue weighted by Crippen LogP contribution is 2.31. The minimum absolute atomic E-state index is 0.195. The number of nitrogens with one attached hydrogen (secondary N) is 2. The largest absolute Gasteiger partial charge is 0.396 e. The van der Waals surface area contributed by atoms with Crippen molar-refractivity contribution in [2.45, 2.75) is 31.7 Å². The first-order valence-electron chi connectivity index (χ1n) is 8.69. The minimum Gasteiger partial charge on any atom is -0.396 e. The zero-order valence-electron chi connectivity index (χ0n) is 13.9. The second-order valence-electron chi connectivity index (χ2n) is 6.61. The van der Waals surface area contributed by atoms with E-state index in [1.165, 1.54) is 6.42 Å². The number of rotatable bonds is 4. The van der Waals surface area contributed by atoms with Crippen molar-refractivity contribution in [1.29, 1.82) is 0 Å². The molecule has 1 aliphatic rings. The average Bonchev–Trinajstić information content (AvgIpc) is 3.16. The highest BCUT2D eigenvalue weighted by atomic mass is 16.3. The van der Waals surface area contributed by atoms with E-state index in [1.54, 1.807) is 6.20 Å². The molecular formula is C18H22N6O. The van der Waals surface area contributed by atoms with Crippen LogP contribution in [0.1, 0.15) is 25.7 Å². The number of aliphatic hydroxyl groups is 1. The van der Waals surface area contributed by atoms with Crippen LogP contribution in [0.5, 0.6) is 0 Å². The molecule has 7 nitrogen and oxygen atoms in total. The summed E-state index contributed by atoms with van der Waals surface area (Å²) in [7, 11) is 0.